The van der Waals surface area contributed by atoms with Crippen LogP contribution >= 0.6 is 0 Å². The lowest BCUT2D eigenvalue weighted by molar-refractivity contribution is -0.154. The third-order valence-electron chi connectivity index (χ3n) is 4.13. The van der Waals surface area contributed by atoms with E-state index >= 15 is 0 Å². The van der Waals surface area contributed by atoms with E-state index in [0.29, 0.717) is 6.41 Å². The van der Waals surface area contributed by atoms with Crippen molar-refractivity contribution < 1.29 is 19.5 Å². The number of carbonyl (C=O) groups excluding carboxylic acids is 2. The summed E-state index contributed by atoms with van der Waals surface area (Å²) in [6.45, 7) is 1.62. The number of hydrogen-bond acceptors (Lipinski definition) is 4. The van der Waals surface area contributed by atoms with Crippen LogP contribution < -0.4 is 5.32 Å². The molecule has 2 amide bonds. The molecule has 0 spiro atoms. The van der Waals surface area contributed by atoms with E-state index in [-0.39, 0.29) is 24.8 Å². The number of rotatable bonds is 8. The number of hydrogen-bond donors (Lipinski definition) is 2. The zero-order valence-electron chi connectivity index (χ0n) is 13.7. The van der Waals surface area contributed by atoms with E-state index in [2.05, 4.69) is 5.32 Å². The average molecular weight is 313 g/mol. The zero-order chi connectivity index (χ0) is 16.8. The molecule has 0 aliphatic heterocycles. The molecule has 1 aliphatic carbocycles. The second-order valence-corrected chi connectivity index (χ2v) is 6.44. The van der Waals surface area contributed by atoms with Gasteiger partial charge in [0.15, 0.2) is 0 Å². The van der Waals surface area contributed by atoms with Gasteiger partial charge < -0.3 is 10.4 Å². The van der Waals surface area contributed by atoms with Crippen molar-refractivity contribution in [2.45, 2.75) is 63.5 Å². The summed E-state index contributed by atoms with van der Waals surface area (Å²) in [5, 5.41) is 14.9. The van der Waals surface area contributed by atoms with E-state index in [9.17, 15) is 14.4 Å². The molecule has 0 heterocycles. The lowest BCUT2D eigenvalue weighted by Crippen LogP contribution is -2.56. The van der Waals surface area contributed by atoms with Crippen molar-refractivity contribution >= 4 is 18.3 Å². The van der Waals surface area contributed by atoms with Crippen molar-refractivity contribution in [3.63, 3.8) is 0 Å². The molecule has 0 radical (unpaired) electrons. The highest BCUT2D eigenvalue weighted by Crippen LogP contribution is 2.24. The van der Waals surface area contributed by atoms with Crippen molar-refractivity contribution in [2.75, 3.05) is 14.1 Å². The van der Waals surface area contributed by atoms with Gasteiger partial charge in [-0.25, -0.2) is 5.01 Å². The molecule has 1 rings (SSSR count). The second-order valence-electron chi connectivity index (χ2n) is 6.44. The molecule has 7 nitrogen and oxygen atoms in total. The van der Waals surface area contributed by atoms with Crippen LogP contribution in [0.5, 0.6) is 0 Å². The Morgan fingerprint density at radius 1 is 1.23 bits per heavy atom. The molecule has 22 heavy (non-hydrogen) atoms. The Labute approximate surface area is 131 Å². The maximum absolute atomic E-state index is 12.3. The van der Waals surface area contributed by atoms with Crippen molar-refractivity contribution in [2.24, 2.45) is 0 Å². The first-order valence-electron chi connectivity index (χ1n) is 7.71. The summed E-state index contributed by atoms with van der Waals surface area (Å²) < 4.78 is 0. The molecule has 7 heteroatoms. The highest BCUT2D eigenvalue weighted by Gasteiger charge is 2.38. The molecule has 1 fully saturated rings. The van der Waals surface area contributed by atoms with Crippen LogP contribution in [0, 0.1) is 0 Å². The summed E-state index contributed by atoms with van der Waals surface area (Å²) in [6, 6.07) is 0.166. The van der Waals surface area contributed by atoms with Crippen LogP contribution in [0.25, 0.3) is 0 Å². The summed E-state index contributed by atoms with van der Waals surface area (Å²) in [6.07, 6.45) is 5.58. The van der Waals surface area contributed by atoms with Gasteiger partial charge in [-0.3, -0.25) is 19.4 Å². The van der Waals surface area contributed by atoms with Crippen molar-refractivity contribution in [1.29, 1.82) is 0 Å². The van der Waals surface area contributed by atoms with Crippen LogP contribution in [0.1, 0.15) is 51.9 Å². The number of hydrazine groups is 1. The Morgan fingerprint density at radius 3 is 2.27 bits per heavy atom. The number of carboxylic acid groups (broad SMARTS) is 1. The van der Waals surface area contributed by atoms with Gasteiger partial charge in [0.05, 0.1) is 18.4 Å². The first-order valence-corrected chi connectivity index (χ1v) is 7.71. The maximum atomic E-state index is 12.3. The minimum Gasteiger partial charge on any atom is -0.481 e. The lowest BCUT2D eigenvalue weighted by Gasteiger charge is -2.41. The van der Waals surface area contributed by atoms with E-state index in [4.69, 9.17) is 5.11 Å². The number of nitrogens with one attached hydrogen (secondary N) is 1. The van der Waals surface area contributed by atoms with E-state index < -0.39 is 11.5 Å². The molecule has 0 aromatic carbocycles. The van der Waals surface area contributed by atoms with Crippen LogP contribution in [-0.4, -0.2) is 59.1 Å². The van der Waals surface area contributed by atoms with Gasteiger partial charge in [0.2, 0.25) is 12.3 Å². The van der Waals surface area contributed by atoms with Crippen molar-refractivity contribution in [3.05, 3.63) is 0 Å². The molecule has 1 saturated carbocycles. The van der Waals surface area contributed by atoms with E-state index in [0.717, 1.165) is 25.7 Å². The molecular formula is C15H27N3O4. The predicted octanol–water partition coefficient (Wildman–Crippen LogP) is 0.994. The maximum Gasteiger partial charge on any atom is 0.305 e. The number of carboxylic acids is 1. The van der Waals surface area contributed by atoms with E-state index in [1.165, 1.54) is 16.4 Å². The molecule has 0 aromatic rings. The third-order valence-corrected chi connectivity index (χ3v) is 4.13. The average Bonchev–Trinajstić information content (AvgIpc) is 2.38. The molecule has 1 atom stereocenters. The lowest BCUT2D eigenvalue weighted by atomic mass is 9.91. The van der Waals surface area contributed by atoms with Gasteiger partial charge in [-0.05, 0) is 19.8 Å². The standard InChI is InChI=1S/C15H27N3O4/c1-15(10-14(21)22,18(11-19)17(2)3)9-13(20)16-12-7-5-4-6-8-12/h11-12H,4-10H2,1-3H3,(H,16,20)(H,21,22). The normalized spacial score (nSPS) is 18.5. The highest BCUT2D eigenvalue weighted by atomic mass is 16.4. The Kier molecular flexibility index (Phi) is 6.80. The number of nitrogens with zero attached hydrogens (tertiary/aromatic N) is 2. The number of amides is 2. The van der Waals surface area contributed by atoms with E-state index in [1.807, 2.05) is 0 Å². The number of carbonyl (C=O) groups is 3. The highest BCUT2D eigenvalue weighted by molar-refractivity contribution is 5.79. The summed E-state index contributed by atoms with van der Waals surface area (Å²) in [5.74, 6) is -1.24. The Morgan fingerprint density at radius 2 is 1.82 bits per heavy atom. The largest absolute Gasteiger partial charge is 0.481 e. The quantitative estimate of drug-likeness (QED) is 0.515. The summed E-state index contributed by atoms with van der Waals surface area (Å²) in [5.41, 5.74) is -1.09. The van der Waals surface area contributed by atoms with Crippen LogP contribution in [0.3, 0.4) is 0 Å². The van der Waals surface area contributed by atoms with Crippen LogP contribution in [0.2, 0.25) is 0 Å². The number of aliphatic carboxylic acids is 1. The minimum absolute atomic E-state index is 0.0350. The second kappa shape index (κ2) is 8.12. The van der Waals surface area contributed by atoms with Gasteiger partial charge in [-0.1, -0.05) is 19.3 Å². The molecule has 1 aliphatic rings. The smallest absolute Gasteiger partial charge is 0.305 e. The predicted molar refractivity (Wildman–Crippen MR) is 81.9 cm³/mol. The fourth-order valence-corrected chi connectivity index (χ4v) is 3.13. The van der Waals surface area contributed by atoms with Crippen molar-refractivity contribution in [3.8, 4) is 0 Å². The molecule has 126 valence electrons. The Bertz CT molecular complexity index is 408. The van der Waals surface area contributed by atoms with Gasteiger partial charge in [-0.15, -0.1) is 0 Å². The molecule has 0 saturated heterocycles. The fraction of sp³-hybridized carbons (Fsp3) is 0.800. The fourth-order valence-electron chi connectivity index (χ4n) is 3.13. The molecule has 1 unspecified atom stereocenters. The summed E-state index contributed by atoms with van der Waals surface area (Å²) in [4.78, 5) is 34.7. The topological polar surface area (TPSA) is 90.0 Å². The minimum atomic E-state index is -1.09. The third kappa shape index (κ3) is 5.29. The zero-order valence-corrected chi connectivity index (χ0v) is 13.7. The van der Waals surface area contributed by atoms with Gasteiger partial charge in [-0.2, -0.15) is 0 Å². The van der Waals surface area contributed by atoms with E-state index in [1.54, 1.807) is 21.0 Å². The van der Waals surface area contributed by atoms with Gasteiger partial charge in [0.1, 0.15) is 0 Å². The van der Waals surface area contributed by atoms with Crippen LogP contribution in [-0.2, 0) is 14.4 Å². The van der Waals surface area contributed by atoms with Gasteiger partial charge in [0.25, 0.3) is 0 Å². The Hall–Kier alpha value is -1.63. The molecule has 0 aromatic heterocycles. The van der Waals surface area contributed by atoms with Crippen LogP contribution in [0.15, 0.2) is 0 Å². The van der Waals surface area contributed by atoms with Gasteiger partial charge in [0, 0.05) is 20.1 Å². The monoisotopic (exact) mass is 313 g/mol. The molecule has 0 bridgehead atoms. The van der Waals surface area contributed by atoms with Gasteiger partial charge >= 0.3 is 5.97 Å². The van der Waals surface area contributed by atoms with Crippen LogP contribution in [0.4, 0.5) is 0 Å². The summed E-state index contributed by atoms with van der Waals surface area (Å²) >= 11 is 0. The first kappa shape index (κ1) is 18.4. The molecular weight excluding hydrogens is 286 g/mol. The molecule has 2 N–H and O–H groups in total. The Balaban J connectivity index is 2.76. The first-order chi connectivity index (χ1) is 10.3. The summed E-state index contributed by atoms with van der Waals surface area (Å²) in [7, 11) is 3.29. The SMILES string of the molecule is CN(C)N(C=O)C(C)(CC(=O)O)CC(=O)NC1CCCCC1. The van der Waals surface area contributed by atoms with Crippen molar-refractivity contribution in [1.82, 2.24) is 15.3 Å².